The van der Waals surface area contributed by atoms with Gasteiger partial charge in [-0.3, -0.25) is 9.98 Å². The molecule has 0 aliphatic heterocycles. The molecule has 0 aromatic heterocycles. The molecule has 0 spiro atoms. The Bertz CT molecular complexity index is 932. The maximum Gasteiger partial charge on any atom is 0.0646 e. The van der Waals surface area contributed by atoms with Crippen molar-refractivity contribution in [1.82, 2.24) is 0 Å². The molecule has 0 saturated heterocycles. The molecule has 0 N–H and O–H groups in total. The Morgan fingerprint density at radius 3 is 2.34 bits per heavy atom. The van der Waals surface area contributed by atoms with Crippen LogP contribution in [0.3, 0.4) is 0 Å². The Morgan fingerprint density at radius 1 is 1.06 bits per heavy atom. The minimum Gasteiger partial charge on any atom is -0.288 e. The van der Waals surface area contributed by atoms with Gasteiger partial charge in [0.05, 0.1) is 5.71 Å². The van der Waals surface area contributed by atoms with Crippen LogP contribution in [0.4, 0.5) is 0 Å². The van der Waals surface area contributed by atoms with Crippen LogP contribution < -0.4 is 0 Å². The average molecular weight is 433 g/mol. The smallest absolute Gasteiger partial charge is 0.0646 e. The van der Waals surface area contributed by atoms with E-state index in [4.69, 9.17) is 0 Å². The molecular weight excluding hydrogens is 388 g/mol. The van der Waals surface area contributed by atoms with Crippen LogP contribution in [0.15, 0.2) is 51.1 Å². The summed E-state index contributed by atoms with van der Waals surface area (Å²) in [4.78, 5) is 9.32. The van der Waals surface area contributed by atoms with Gasteiger partial charge in [-0.15, -0.1) is 0 Å². The summed E-state index contributed by atoms with van der Waals surface area (Å²) in [5.74, 6) is 0.747. The van der Waals surface area contributed by atoms with Gasteiger partial charge in [0.2, 0.25) is 0 Å². The van der Waals surface area contributed by atoms with E-state index in [1.54, 1.807) is 5.57 Å². The zero-order valence-electron chi connectivity index (χ0n) is 21.8. The highest BCUT2D eigenvalue weighted by atomic mass is 14.7. The van der Waals surface area contributed by atoms with Crippen LogP contribution >= 0.6 is 0 Å². The molecular formula is C30H44N2. The molecule has 0 amide bonds. The second-order valence-electron chi connectivity index (χ2n) is 9.28. The minimum atomic E-state index is 0.747. The SMILES string of the molecule is C\C=C(C)/N=C(C)\C(C)=C/C(=NC)c1cc(C)c2c(c1)CCCC(C(CCC)CCC)=C2. The second kappa shape index (κ2) is 12.7. The fourth-order valence-electron chi connectivity index (χ4n) is 4.71. The first kappa shape index (κ1) is 26.0. The summed E-state index contributed by atoms with van der Waals surface area (Å²) in [6.45, 7) is 15.2. The third-order valence-electron chi connectivity index (χ3n) is 6.73. The van der Waals surface area contributed by atoms with E-state index in [0.717, 1.165) is 35.0 Å². The van der Waals surface area contributed by atoms with Crippen molar-refractivity contribution in [3.63, 3.8) is 0 Å². The molecule has 0 fully saturated rings. The molecule has 0 heterocycles. The molecule has 1 aliphatic carbocycles. The zero-order valence-corrected chi connectivity index (χ0v) is 21.8. The standard InChI is InChI=1S/C30H44N2/c1-9-13-25(14-10-2)26-15-12-16-27-19-28(17-22(5)29(27)20-26)30(31-8)18-21(4)24(7)32-23(6)11-3/h11,17-20,25H,9-10,12-16H2,1-8H3/b21-18-,23-11-,31-30?,32-24-. The maximum absolute atomic E-state index is 4.68. The van der Waals surface area contributed by atoms with Gasteiger partial charge < -0.3 is 0 Å². The van der Waals surface area contributed by atoms with Gasteiger partial charge in [0.25, 0.3) is 0 Å². The highest BCUT2D eigenvalue weighted by molar-refractivity contribution is 6.13. The third kappa shape index (κ3) is 6.89. The van der Waals surface area contributed by atoms with Crippen LogP contribution in [0.25, 0.3) is 6.08 Å². The van der Waals surface area contributed by atoms with Crippen molar-refractivity contribution in [3.8, 4) is 0 Å². The van der Waals surface area contributed by atoms with E-state index in [1.165, 1.54) is 60.8 Å². The average Bonchev–Trinajstić information content (AvgIpc) is 2.99. The molecule has 2 heteroatoms. The first-order valence-electron chi connectivity index (χ1n) is 12.5. The fraction of sp³-hybridized carbons (Fsp3) is 0.533. The molecule has 0 atom stereocenters. The van der Waals surface area contributed by atoms with Gasteiger partial charge in [0, 0.05) is 24.0 Å². The van der Waals surface area contributed by atoms with Gasteiger partial charge in [-0.05, 0) is 113 Å². The first-order chi connectivity index (χ1) is 15.3. The van der Waals surface area contributed by atoms with Crippen LogP contribution in [0, 0.1) is 12.8 Å². The molecule has 174 valence electrons. The molecule has 1 aliphatic rings. The van der Waals surface area contributed by atoms with Crippen LogP contribution in [-0.2, 0) is 6.42 Å². The van der Waals surface area contributed by atoms with Crippen molar-refractivity contribution in [3.05, 3.63) is 63.4 Å². The number of benzene rings is 1. The monoisotopic (exact) mass is 432 g/mol. The predicted molar refractivity (Wildman–Crippen MR) is 144 cm³/mol. The quantitative estimate of drug-likeness (QED) is 0.349. The number of aliphatic imine (C=N–C) groups is 2. The summed E-state index contributed by atoms with van der Waals surface area (Å²) in [5, 5.41) is 0. The summed E-state index contributed by atoms with van der Waals surface area (Å²) >= 11 is 0. The number of fused-ring (bicyclic) bond motifs is 1. The van der Waals surface area contributed by atoms with Gasteiger partial charge >= 0.3 is 0 Å². The summed E-state index contributed by atoms with van der Waals surface area (Å²) < 4.78 is 0. The van der Waals surface area contributed by atoms with E-state index >= 15 is 0 Å². The molecule has 0 bridgehead atoms. The number of allylic oxidation sites excluding steroid dienone is 5. The second-order valence-corrected chi connectivity index (χ2v) is 9.28. The number of hydrogen-bond acceptors (Lipinski definition) is 2. The molecule has 1 aromatic rings. The predicted octanol–water partition coefficient (Wildman–Crippen LogP) is 8.68. The van der Waals surface area contributed by atoms with Gasteiger partial charge in [-0.2, -0.15) is 0 Å². The normalized spacial score (nSPS) is 16.2. The molecule has 0 unspecified atom stereocenters. The summed E-state index contributed by atoms with van der Waals surface area (Å²) in [6, 6.07) is 4.70. The number of rotatable bonds is 9. The van der Waals surface area contributed by atoms with E-state index in [2.05, 4.69) is 68.9 Å². The Kier molecular flexibility index (Phi) is 10.4. The van der Waals surface area contributed by atoms with E-state index in [0.29, 0.717) is 0 Å². The van der Waals surface area contributed by atoms with E-state index < -0.39 is 0 Å². The van der Waals surface area contributed by atoms with Crippen molar-refractivity contribution < 1.29 is 0 Å². The summed E-state index contributed by atoms with van der Waals surface area (Å²) in [5.41, 5.74) is 11.5. The Hall–Kier alpha value is -2.22. The lowest BCUT2D eigenvalue weighted by Gasteiger charge is -2.19. The van der Waals surface area contributed by atoms with E-state index in [9.17, 15) is 0 Å². The topological polar surface area (TPSA) is 24.7 Å². The van der Waals surface area contributed by atoms with Crippen molar-refractivity contribution in [2.45, 2.75) is 93.4 Å². The van der Waals surface area contributed by atoms with Crippen molar-refractivity contribution in [2.75, 3.05) is 7.05 Å². The summed E-state index contributed by atoms with van der Waals surface area (Å²) in [7, 11) is 1.89. The molecule has 1 aromatic carbocycles. The number of hydrogen-bond donors (Lipinski definition) is 0. The van der Waals surface area contributed by atoms with Crippen LogP contribution in [-0.4, -0.2) is 18.5 Å². The maximum atomic E-state index is 4.68. The number of aryl methyl sites for hydroxylation is 2. The first-order valence-corrected chi connectivity index (χ1v) is 12.5. The Labute approximate surface area is 197 Å². The zero-order chi connectivity index (χ0) is 23.7. The van der Waals surface area contributed by atoms with Gasteiger partial charge in [-0.1, -0.05) is 44.4 Å². The largest absolute Gasteiger partial charge is 0.288 e. The van der Waals surface area contributed by atoms with Crippen LogP contribution in [0.1, 0.15) is 102 Å². The summed E-state index contributed by atoms with van der Waals surface area (Å²) in [6.07, 6.45) is 15.6. The Balaban J connectivity index is 2.44. The molecule has 0 saturated carbocycles. The van der Waals surface area contributed by atoms with Crippen molar-refractivity contribution in [1.29, 1.82) is 0 Å². The van der Waals surface area contributed by atoms with E-state index in [-0.39, 0.29) is 0 Å². The lowest BCUT2D eigenvalue weighted by Crippen LogP contribution is -2.05. The Morgan fingerprint density at radius 2 is 1.75 bits per heavy atom. The van der Waals surface area contributed by atoms with Crippen LogP contribution in [0.5, 0.6) is 0 Å². The van der Waals surface area contributed by atoms with Gasteiger partial charge in [0.1, 0.15) is 0 Å². The minimum absolute atomic E-state index is 0.747. The number of nitrogens with zero attached hydrogens (tertiary/aromatic N) is 2. The highest BCUT2D eigenvalue weighted by Crippen LogP contribution is 2.34. The van der Waals surface area contributed by atoms with Gasteiger partial charge in [0.15, 0.2) is 0 Å². The van der Waals surface area contributed by atoms with Crippen molar-refractivity contribution in [2.24, 2.45) is 15.9 Å². The van der Waals surface area contributed by atoms with E-state index in [1.807, 2.05) is 27.0 Å². The fourth-order valence-corrected chi connectivity index (χ4v) is 4.71. The molecule has 32 heavy (non-hydrogen) atoms. The molecule has 0 radical (unpaired) electrons. The lowest BCUT2D eigenvalue weighted by atomic mass is 9.86. The highest BCUT2D eigenvalue weighted by Gasteiger charge is 2.18. The van der Waals surface area contributed by atoms with Crippen LogP contribution in [0.2, 0.25) is 0 Å². The third-order valence-corrected chi connectivity index (χ3v) is 6.73. The molecule has 2 rings (SSSR count). The lowest BCUT2D eigenvalue weighted by molar-refractivity contribution is 0.489. The molecule has 2 nitrogen and oxygen atoms in total. The van der Waals surface area contributed by atoms with Crippen molar-refractivity contribution >= 4 is 17.5 Å². The van der Waals surface area contributed by atoms with Gasteiger partial charge in [-0.25, -0.2) is 0 Å².